The van der Waals surface area contributed by atoms with Crippen LogP contribution in [0.15, 0.2) is 66.9 Å². The smallest absolute Gasteiger partial charge is 0.248 e. The molecule has 0 unspecified atom stereocenters. The number of nitrogens with zero attached hydrogens (tertiary/aromatic N) is 4. The van der Waals surface area contributed by atoms with Gasteiger partial charge < -0.3 is 16.2 Å². The van der Waals surface area contributed by atoms with E-state index in [1.165, 1.54) is 11.6 Å². The molecule has 3 aromatic rings. The summed E-state index contributed by atoms with van der Waals surface area (Å²) in [5.41, 5.74) is 8.82. The Labute approximate surface area is 187 Å². The van der Waals surface area contributed by atoms with Crippen LogP contribution in [0.25, 0.3) is 6.08 Å². The molecule has 2 aromatic carbocycles. The molecule has 2 atom stereocenters. The Morgan fingerprint density at radius 1 is 1.19 bits per heavy atom. The molecule has 1 aliphatic rings. The molecule has 8 nitrogen and oxygen atoms in total. The lowest BCUT2D eigenvalue weighted by Crippen LogP contribution is -2.34. The number of aliphatic hydroxyl groups excluding tert-OH is 1. The Balaban J connectivity index is 1.34. The summed E-state index contributed by atoms with van der Waals surface area (Å²) in [7, 11) is 0. The Hall–Kier alpha value is -3.49. The van der Waals surface area contributed by atoms with E-state index in [0.717, 1.165) is 25.9 Å². The Morgan fingerprint density at radius 3 is 2.75 bits per heavy atom. The molecule has 0 spiro atoms. The summed E-state index contributed by atoms with van der Waals surface area (Å²) in [4.78, 5) is 14.5. The van der Waals surface area contributed by atoms with Gasteiger partial charge in [0.05, 0.1) is 30.2 Å². The number of anilines is 2. The van der Waals surface area contributed by atoms with Crippen molar-refractivity contribution in [2.45, 2.75) is 24.9 Å². The number of nitrogen functional groups attached to an aromatic ring is 1. The predicted octanol–water partition coefficient (Wildman–Crippen LogP) is 2.36. The number of carbonyl (C=O) groups is 1. The van der Waals surface area contributed by atoms with Gasteiger partial charge in [0.15, 0.2) is 0 Å². The van der Waals surface area contributed by atoms with E-state index in [4.69, 9.17) is 5.73 Å². The van der Waals surface area contributed by atoms with Gasteiger partial charge in [0.2, 0.25) is 5.91 Å². The van der Waals surface area contributed by atoms with E-state index >= 15 is 0 Å². The maximum atomic E-state index is 12.2. The standard InChI is InChI=1S/C24H28N6O2/c25-22-8-4-5-9-23(22)26-24(32)11-10-19-15-30(28-27-19)20-14-21(17-31)29(16-20)13-12-18-6-2-1-3-7-18/h1-11,15,20-21,31H,12-14,16-17,25H2,(H,26,32)/b11-10+/t20-,21-/m0/s1. The topological polar surface area (TPSA) is 109 Å². The van der Waals surface area contributed by atoms with Crippen molar-refractivity contribution in [3.05, 3.63) is 78.1 Å². The number of nitrogens with two attached hydrogens (primary N) is 1. The molecule has 4 rings (SSSR count). The summed E-state index contributed by atoms with van der Waals surface area (Å²) < 4.78 is 1.83. The van der Waals surface area contributed by atoms with Gasteiger partial charge in [0.1, 0.15) is 5.69 Å². The first-order chi connectivity index (χ1) is 15.6. The molecular formula is C24H28N6O2. The van der Waals surface area contributed by atoms with Crippen LogP contribution in [0.4, 0.5) is 11.4 Å². The zero-order valence-electron chi connectivity index (χ0n) is 17.8. The monoisotopic (exact) mass is 432 g/mol. The lowest BCUT2D eigenvalue weighted by Gasteiger charge is -2.22. The molecule has 1 saturated heterocycles. The number of nitrogens with one attached hydrogen (secondary N) is 1. The molecule has 0 bridgehead atoms. The second-order valence-corrected chi connectivity index (χ2v) is 7.99. The van der Waals surface area contributed by atoms with Crippen LogP contribution in [0.3, 0.4) is 0 Å². The first-order valence-corrected chi connectivity index (χ1v) is 10.8. The van der Waals surface area contributed by atoms with Crippen LogP contribution in [0.2, 0.25) is 0 Å². The van der Waals surface area contributed by atoms with Gasteiger partial charge in [-0.15, -0.1) is 5.10 Å². The molecule has 1 aromatic heterocycles. The quantitative estimate of drug-likeness (QED) is 0.372. The van der Waals surface area contributed by atoms with Crippen molar-refractivity contribution < 1.29 is 9.90 Å². The average molecular weight is 433 g/mol. The number of hydrogen-bond acceptors (Lipinski definition) is 6. The summed E-state index contributed by atoms with van der Waals surface area (Å²) >= 11 is 0. The SMILES string of the molecule is Nc1ccccc1NC(=O)/C=C/c1cn([C@H]2C[C@@H](CO)N(CCc3ccccc3)C2)nn1. The van der Waals surface area contributed by atoms with Crippen molar-refractivity contribution in [3.63, 3.8) is 0 Å². The first kappa shape index (κ1) is 21.7. The zero-order valence-corrected chi connectivity index (χ0v) is 17.8. The molecule has 0 aliphatic carbocycles. The van der Waals surface area contributed by atoms with E-state index in [1.807, 2.05) is 41.2 Å². The van der Waals surface area contributed by atoms with Crippen LogP contribution in [0.1, 0.15) is 23.7 Å². The van der Waals surface area contributed by atoms with Crippen molar-refractivity contribution in [3.8, 4) is 0 Å². The third-order valence-electron chi connectivity index (χ3n) is 5.77. The number of amides is 1. The third-order valence-corrected chi connectivity index (χ3v) is 5.77. The van der Waals surface area contributed by atoms with E-state index in [0.29, 0.717) is 17.1 Å². The van der Waals surface area contributed by atoms with Gasteiger partial charge in [0.25, 0.3) is 0 Å². The van der Waals surface area contributed by atoms with E-state index < -0.39 is 0 Å². The molecular weight excluding hydrogens is 404 g/mol. The van der Waals surface area contributed by atoms with Gasteiger partial charge in [-0.1, -0.05) is 47.7 Å². The van der Waals surface area contributed by atoms with E-state index in [2.05, 4.69) is 32.7 Å². The Kier molecular flexibility index (Phi) is 6.94. The summed E-state index contributed by atoms with van der Waals surface area (Å²) in [6.45, 7) is 1.81. The molecule has 8 heteroatoms. The number of rotatable bonds is 8. The number of benzene rings is 2. The minimum atomic E-state index is -0.286. The van der Waals surface area contributed by atoms with E-state index in [9.17, 15) is 9.90 Å². The van der Waals surface area contributed by atoms with Crippen LogP contribution in [-0.2, 0) is 11.2 Å². The highest BCUT2D eigenvalue weighted by Crippen LogP contribution is 2.27. The van der Waals surface area contributed by atoms with Gasteiger partial charge in [-0.3, -0.25) is 9.69 Å². The van der Waals surface area contributed by atoms with Crippen molar-refractivity contribution in [1.82, 2.24) is 19.9 Å². The summed E-state index contributed by atoms with van der Waals surface area (Å²) in [6.07, 6.45) is 6.63. The number of aromatic nitrogens is 3. The second kappa shape index (κ2) is 10.2. The van der Waals surface area contributed by atoms with Gasteiger partial charge in [0, 0.05) is 25.2 Å². The molecule has 2 heterocycles. The number of para-hydroxylation sites is 2. The lowest BCUT2D eigenvalue weighted by molar-refractivity contribution is -0.111. The van der Waals surface area contributed by atoms with Crippen molar-refractivity contribution in [2.24, 2.45) is 0 Å². The van der Waals surface area contributed by atoms with Crippen LogP contribution in [-0.4, -0.2) is 56.6 Å². The fourth-order valence-electron chi connectivity index (χ4n) is 4.02. The highest BCUT2D eigenvalue weighted by molar-refractivity contribution is 6.03. The number of likely N-dealkylation sites (tertiary alicyclic amines) is 1. The van der Waals surface area contributed by atoms with Gasteiger partial charge >= 0.3 is 0 Å². The minimum Gasteiger partial charge on any atom is -0.397 e. The maximum Gasteiger partial charge on any atom is 0.248 e. The maximum absolute atomic E-state index is 12.2. The zero-order chi connectivity index (χ0) is 22.3. The number of aliphatic hydroxyl groups is 1. The summed E-state index contributed by atoms with van der Waals surface area (Å²) in [5.74, 6) is -0.286. The van der Waals surface area contributed by atoms with Crippen LogP contribution >= 0.6 is 0 Å². The van der Waals surface area contributed by atoms with E-state index in [1.54, 1.807) is 18.2 Å². The van der Waals surface area contributed by atoms with Gasteiger partial charge in [-0.05, 0) is 36.6 Å². The van der Waals surface area contributed by atoms with Crippen molar-refractivity contribution in [2.75, 3.05) is 30.7 Å². The minimum absolute atomic E-state index is 0.106. The molecule has 1 aliphatic heterocycles. The highest BCUT2D eigenvalue weighted by Gasteiger charge is 2.32. The van der Waals surface area contributed by atoms with Crippen molar-refractivity contribution in [1.29, 1.82) is 0 Å². The lowest BCUT2D eigenvalue weighted by atomic mass is 10.1. The molecule has 1 amide bonds. The second-order valence-electron chi connectivity index (χ2n) is 7.99. The third kappa shape index (κ3) is 5.40. The normalized spacial score (nSPS) is 18.9. The van der Waals surface area contributed by atoms with Gasteiger partial charge in [-0.25, -0.2) is 4.68 Å². The highest BCUT2D eigenvalue weighted by atomic mass is 16.3. The Bertz CT molecular complexity index is 1070. The average Bonchev–Trinajstić information content (AvgIpc) is 3.45. The van der Waals surface area contributed by atoms with Crippen LogP contribution in [0.5, 0.6) is 0 Å². The van der Waals surface area contributed by atoms with Crippen LogP contribution < -0.4 is 11.1 Å². The fraction of sp³-hybridized carbons (Fsp3) is 0.292. The fourth-order valence-corrected chi connectivity index (χ4v) is 4.02. The first-order valence-electron chi connectivity index (χ1n) is 10.8. The predicted molar refractivity (Wildman–Crippen MR) is 125 cm³/mol. The Morgan fingerprint density at radius 2 is 1.97 bits per heavy atom. The number of hydrogen-bond donors (Lipinski definition) is 3. The molecule has 0 radical (unpaired) electrons. The molecule has 0 saturated carbocycles. The number of carbonyl (C=O) groups excluding carboxylic acids is 1. The van der Waals surface area contributed by atoms with Crippen molar-refractivity contribution >= 4 is 23.4 Å². The molecule has 4 N–H and O–H groups in total. The molecule has 1 fully saturated rings. The van der Waals surface area contributed by atoms with Crippen LogP contribution in [0, 0.1) is 0 Å². The molecule has 166 valence electrons. The summed E-state index contributed by atoms with van der Waals surface area (Å²) in [6, 6.07) is 17.7. The largest absolute Gasteiger partial charge is 0.397 e. The summed E-state index contributed by atoms with van der Waals surface area (Å²) in [5, 5.41) is 21.0. The molecule has 32 heavy (non-hydrogen) atoms. The van der Waals surface area contributed by atoms with E-state index in [-0.39, 0.29) is 24.6 Å². The van der Waals surface area contributed by atoms with Gasteiger partial charge in [-0.2, -0.15) is 0 Å².